The van der Waals surface area contributed by atoms with Crippen molar-refractivity contribution in [2.75, 3.05) is 13.7 Å². The van der Waals surface area contributed by atoms with Gasteiger partial charge in [-0.1, -0.05) is 46.3 Å². The van der Waals surface area contributed by atoms with E-state index in [1.165, 1.54) is 51.4 Å². The highest BCUT2D eigenvalue weighted by Crippen LogP contribution is 2.66. The van der Waals surface area contributed by atoms with Crippen molar-refractivity contribution in [3.63, 3.8) is 0 Å². The smallest absolute Gasteiger partial charge is 0.0594 e. The first kappa shape index (κ1) is 21.6. The Balaban J connectivity index is 1.61. The molecule has 4 aliphatic rings. The molecule has 0 aromatic carbocycles. The fourth-order valence-electron chi connectivity index (χ4n) is 8.33. The van der Waals surface area contributed by atoms with Crippen LogP contribution in [0.1, 0.15) is 92.4 Å². The summed E-state index contributed by atoms with van der Waals surface area (Å²) in [6, 6.07) is 0. The van der Waals surface area contributed by atoms with Gasteiger partial charge in [-0.15, -0.1) is 0 Å². The number of aliphatic hydroxyl groups is 1. The van der Waals surface area contributed by atoms with E-state index in [9.17, 15) is 5.11 Å². The molecule has 4 rings (SSSR count). The monoisotopic (exact) mass is 400 g/mol. The molecule has 0 saturated heterocycles. The maximum absolute atomic E-state index is 10.7. The van der Waals surface area contributed by atoms with Gasteiger partial charge in [-0.2, -0.15) is 0 Å². The van der Waals surface area contributed by atoms with Crippen molar-refractivity contribution in [1.82, 2.24) is 0 Å². The number of fused-ring (bicyclic) bond motifs is 4. The quantitative estimate of drug-likeness (QED) is 0.521. The summed E-state index contributed by atoms with van der Waals surface area (Å²) in [5, 5.41) is 10.7. The topological polar surface area (TPSA) is 29.5 Å². The van der Waals surface area contributed by atoms with Crippen LogP contribution >= 0.6 is 0 Å². The molecule has 29 heavy (non-hydrogen) atoms. The van der Waals surface area contributed by atoms with Crippen LogP contribution in [0.25, 0.3) is 0 Å². The molecule has 1 fully saturated rings. The summed E-state index contributed by atoms with van der Waals surface area (Å²) in [5.74, 6) is 2.17. The highest BCUT2D eigenvalue weighted by Gasteiger charge is 2.57. The summed E-state index contributed by atoms with van der Waals surface area (Å²) < 4.78 is 5.30. The fourth-order valence-corrected chi connectivity index (χ4v) is 8.33. The number of aliphatic hydroxyl groups excluding tert-OH is 1. The van der Waals surface area contributed by atoms with Crippen LogP contribution in [0.5, 0.6) is 0 Å². The summed E-state index contributed by atoms with van der Waals surface area (Å²) in [6.45, 7) is 13.1. The van der Waals surface area contributed by atoms with Crippen molar-refractivity contribution in [3.8, 4) is 0 Å². The van der Waals surface area contributed by atoms with E-state index in [0.29, 0.717) is 16.7 Å². The van der Waals surface area contributed by atoms with Crippen LogP contribution < -0.4 is 0 Å². The van der Waals surface area contributed by atoms with Crippen molar-refractivity contribution in [1.29, 1.82) is 0 Å². The van der Waals surface area contributed by atoms with E-state index in [-0.39, 0.29) is 11.5 Å². The third kappa shape index (κ3) is 3.19. The summed E-state index contributed by atoms with van der Waals surface area (Å²) in [7, 11) is 1.82. The number of hydrogen-bond donors (Lipinski definition) is 1. The standard InChI is InChI=1S/C27H44O2/c1-18(8-7-17-29-6)20-10-11-21-19-9-12-23-25(2,3)24(28)14-16-27(23,5)22(19)13-15-26(20,21)4/h11,18,20,23-24,28H,7-10,12-17H2,1-6H3/t18-,20-,23+,24+,26-,27-/m1/s1. The Morgan fingerprint density at radius 2 is 1.86 bits per heavy atom. The lowest BCUT2D eigenvalue weighted by Crippen LogP contribution is -2.53. The van der Waals surface area contributed by atoms with Crippen molar-refractivity contribution in [2.45, 2.75) is 98.5 Å². The molecular weight excluding hydrogens is 356 g/mol. The van der Waals surface area contributed by atoms with Gasteiger partial charge < -0.3 is 9.84 Å². The van der Waals surface area contributed by atoms with Gasteiger partial charge in [0, 0.05) is 13.7 Å². The second-order valence-electron chi connectivity index (χ2n) is 11.8. The SMILES string of the molecule is COCCC[C@@H](C)[C@H]1CC=C2C3=C(CC[C@@]21C)[C@@]1(C)CC[C@H](O)C(C)(C)[C@@H]1CC3. The third-order valence-corrected chi connectivity index (χ3v) is 10.1. The predicted molar refractivity (Wildman–Crippen MR) is 121 cm³/mol. The van der Waals surface area contributed by atoms with E-state index in [1.807, 2.05) is 7.11 Å². The number of allylic oxidation sites excluding steroid dienone is 4. The number of rotatable bonds is 5. The van der Waals surface area contributed by atoms with Gasteiger partial charge >= 0.3 is 0 Å². The number of hydrogen-bond acceptors (Lipinski definition) is 2. The van der Waals surface area contributed by atoms with Crippen molar-refractivity contribution < 1.29 is 9.84 Å². The Hall–Kier alpha value is -0.600. The molecule has 164 valence electrons. The molecule has 4 aliphatic carbocycles. The van der Waals surface area contributed by atoms with Gasteiger partial charge in [-0.3, -0.25) is 0 Å². The Morgan fingerprint density at radius 3 is 2.59 bits per heavy atom. The lowest BCUT2D eigenvalue weighted by Gasteiger charge is -2.59. The Bertz CT molecular complexity index is 701. The van der Waals surface area contributed by atoms with Gasteiger partial charge in [0.25, 0.3) is 0 Å². The fraction of sp³-hybridized carbons (Fsp3) is 0.852. The minimum atomic E-state index is -0.139. The van der Waals surface area contributed by atoms with Crippen molar-refractivity contribution in [3.05, 3.63) is 22.8 Å². The zero-order valence-electron chi connectivity index (χ0n) is 19.8. The van der Waals surface area contributed by atoms with Crippen LogP contribution in [0.2, 0.25) is 0 Å². The molecule has 1 N–H and O–H groups in total. The lowest BCUT2D eigenvalue weighted by atomic mass is 9.46. The Kier molecular flexibility index (Phi) is 5.61. The molecule has 0 aliphatic heterocycles. The van der Waals surface area contributed by atoms with Crippen LogP contribution in [0.4, 0.5) is 0 Å². The van der Waals surface area contributed by atoms with Gasteiger partial charge in [0.1, 0.15) is 0 Å². The van der Waals surface area contributed by atoms with Gasteiger partial charge in [-0.25, -0.2) is 0 Å². The Labute approximate surface area is 179 Å². The third-order valence-electron chi connectivity index (χ3n) is 10.1. The molecule has 0 heterocycles. The first-order valence-corrected chi connectivity index (χ1v) is 12.3. The van der Waals surface area contributed by atoms with Crippen LogP contribution in [-0.2, 0) is 4.74 Å². The van der Waals surface area contributed by atoms with Crippen molar-refractivity contribution >= 4 is 0 Å². The van der Waals surface area contributed by atoms with E-state index in [2.05, 4.69) is 40.7 Å². The molecule has 0 unspecified atom stereocenters. The molecule has 2 nitrogen and oxygen atoms in total. The van der Waals surface area contributed by atoms with E-state index >= 15 is 0 Å². The zero-order chi connectivity index (χ0) is 21.0. The van der Waals surface area contributed by atoms with Gasteiger partial charge in [0.2, 0.25) is 0 Å². The summed E-state index contributed by atoms with van der Waals surface area (Å²) in [4.78, 5) is 0. The lowest BCUT2D eigenvalue weighted by molar-refractivity contribution is -0.0905. The first-order valence-electron chi connectivity index (χ1n) is 12.3. The summed E-state index contributed by atoms with van der Waals surface area (Å²) in [5.41, 5.74) is 5.96. The minimum absolute atomic E-state index is 0.0364. The van der Waals surface area contributed by atoms with Gasteiger partial charge in [0.05, 0.1) is 6.10 Å². The number of methoxy groups -OCH3 is 1. The van der Waals surface area contributed by atoms with E-state index in [0.717, 1.165) is 24.9 Å². The molecule has 0 aromatic rings. The average molecular weight is 401 g/mol. The zero-order valence-corrected chi connectivity index (χ0v) is 19.8. The largest absolute Gasteiger partial charge is 0.393 e. The summed E-state index contributed by atoms with van der Waals surface area (Å²) in [6.07, 6.45) is 13.5. The van der Waals surface area contributed by atoms with Gasteiger partial charge in [-0.05, 0) is 103 Å². The minimum Gasteiger partial charge on any atom is -0.393 e. The highest BCUT2D eigenvalue weighted by molar-refractivity contribution is 5.49. The van der Waals surface area contributed by atoms with E-state index in [4.69, 9.17) is 4.74 Å². The van der Waals surface area contributed by atoms with E-state index in [1.54, 1.807) is 16.7 Å². The predicted octanol–water partition coefficient (Wildman–Crippen LogP) is 6.69. The molecule has 0 radical (unpaired) electrons. The first-order chi connectivity index (χ1) is 13.7. The van der Waals surface area contributed by atoms with Crippen LogP contribution in [0, 0.1) is 34.0 Å². The van der Waals surface area contributed by atoms with Gasteiger partial charge in [0.15, 0.2) is 0 Å². The summed E-state index contributed by atoms with van der Waals surface area (Å²) >= 11 is 0. The molecule has 0 spiro atoms. The molecule has 1 saturated carbocycles. The van der Waals surface area contributed by atoms with Crippen molar-refractivity contribution in [2.24, 2.45) is 34.0 Å². The second-order valence-corrected chi connectivity index (χ2v) is 11.8. The average Bonchev–Trinajstić information content (AvgIpc) is 3.02. The normalized spacial score (nSPS) is 42.0. The van der Waals surface area contributed by atoms with Crippen LogP contribution in [0.3, 0.4) is 0 Å². The molecule has 0 aromatic heterocycles. The van der Waals surface area contributed by atoms with Crippen LogP contribution in [0.15, 0.2) is 22.8 Å². The van der Waals surface area contributed by atoms with E-state index < -0.39 is 0 Å². The molecule has 2 heteroatoms. The number of ether oxygens (including phenoxy) is 1. The highest BCUT2D eigenvalue weighted by atomic mass is 16.5. The molecular formula is C27H44O2. The molecule has 0 amide bonds. The van der Waals surface area contributed by atoms with Crippen LogP contribution in [-0.4, -0.2) is 24.9 Å². The Morgan fingerprint density at radius 1 is 1.10 bits per heavy atom. The maximum Gasteiger partial charge on any atom is 0.0594 e. The molecule has 0 bridgehead atoms. The molecule has 6 atom stereocenters. The second kappa shape index (κ2) is 7.52. The maximum atomic E-state index is 10.7.